The summed E-state index contributed by atoms with van der Waals surface area (Å²) in [4.78, 5) is 31.1. The highest BCUT2D eigenvalue weighted by atomic mass is 16.5. The number of anilines is 1. The fraction of sp³-hybridized carbons (Fsp3) is 0.519. The van der Waals surface area contributed by atoms with E-state index in [9.17, 15) is 9.59 Å². The molecular formula is C27H40N4O4. The number of fused-ring (bicyclic) bond motifs is 1. The van der Waals surface area contributed by atoms with E-state index in [4.69, 9.17) is 14.5 Å². The molecular weight excluding hydrogens is 444 g/mol. The molecule has 0 aliphatic carbocycles. The summed E-state index contributed by atoms with van der Waals surface area (Å²) in [5, 5.41) is 6.72. The molecule has 192 valence electrons. The van der Waals surface area contributed by atoms with Gasteiger partial charge in [-0.05, 0) is 46.1 Å². The first-order chi connectivity index (χ1) is 16.7. The van der Waals surface area contributed by atoms with E-state index in [1.54, 1.807) is 24.8 Å². The summed E-state index contributed by atoms with van der Waals surface area (Å²) in [5.41, 5.74) is 2.92. The second-order valence-electron chi connectivity index (χ2n) is 8.65. The normalized spacial score (nSPS) is 13.0. The van der Waals surface area contributed by atoms with E-state index in [1.165, 1.54) is 0 Å². The lowest BCUT2D eigenvalue weighted by Crippen LogP contribution is -2.38. The van der Waals surface area contributed by atoms with Gasteiger partial charge in [-0.2, -0.15) is 0 Å². The van der Waals surface area contributed by atoms with Crippen LogP contribution in [0.3, 0.4) is 0 Å². The number of carbonyl (C=O) groups excluding carboxylic acids is 2. The molecule has 1 atom stereocenters. The number of pyridine rings is 1. The van der Waals surface area contributed by atoms with Crippen molar-refractivity contribution in [2.45, 2.75) is 73.0 Å². The van der Waals surface area contributed by atoms with Crippen molar-refractivity contribution >= 4 is 28.5 Å². The van der Waals surface area contributed by atoms with Crippen LogP contribution in [0.25, 0.3) is 11.0 Å². The van der Waals surface area contributed by atoms with Gasteiger partial charge >= 0.3 is 0 Å². The maximum absolute atomic E-state index is 13.3. The molecule has 8 nitrogen and oxygen atoms in total. The number of ether oxygens (including phenoxy) is 2. The molecule has 2 heterocycles. The lowest BCUT2D eigenvalue weighted by molar-refractivity contribution is -0.112. The number of methoxy groups -OCH3 is 1. The minimum Gasteiger partial charge on any atom is -0.488 e. The molecule has 0 saturated heterocycles. The van der Waals surface area contributed by atoms with Gasteiger partial charge < -0.3 is 24.7 Å². The molecule has 0 bridgehead atoms. The van der Waals surface area contributed by atoms with Gasteiger partial charge in [0.2, 0.25) is 0 Å². The zero-order valence-electron chi connectivity index (χ0n) is 22.3. The van der Waals surface area contributed by atoms with Crippen LogP contribution in [0, 0.1) is 0 Å². The fourth-order valence-corrected chi connectivity index (χ4v) is 3.80. The first kappa shape index (κ1) is 28.1. The monoisotopic (exact) mass is 484 g/mol. The van der Waals surface area contributed by atoms with Crippen LogP contribution < -0.4 is 15.4 Å². The largest absolute Gasteiger partial charge is 0.488 e. The van der Waals surface area contributed by atoms with Gasteiger partial charge in [-0.15, -0.1) is 0 Å². The SMILES string of the molecule is C/C=C(\C=C/CC)C(=O)Nc1cc2c(OC(C)C)c(C(=O)NC(CC)COC)n(C)c2nc1CC. The summed E-state index contributed by atoms with van der Waals surface area (Å²) < 4.78 is 13.1. The van der Waals surface area contributed by atoms with Gasteiger partial charge in [0, 0.05) is 19.7 Å². The zero-order chi connectivity index (χ0) is 26.1. The smallest absolute Gasteiger partial charge is 0.272 e. The quantitative estimate of drug-likeness (QED) is 0.329. The lowest BCUT2D eigenvalue weighted by atomic mass is 10.1. The average molecular weight is 485 g/mol. The van der Waals surface area contributed by atoms with Crippen molar-refractivity contribution in [3.8, 4) is 5.75 Å². The fourth-order valence-electron chi connectivity index (χ4n) is 3.80. The molecule has 0 fully saturated rings. The predicted molar refractivity (Wildman–Crippen MR) is 141 cm³/mol. The van der Waals surface area contributed by atoms with Crippen molar-refractivity contribution in [3.05, 3.63) is 41.3 Å². The number of nitrogens with zero attached hydrogens (tertiary/aromatic N) is 2. The molecule has 2 N–H and O–H groups in total. The molecule has 8 heteroatoms. The zero-order valence-corrected chi connectivity index (χ0v) is 22.3. The van der Waals surface area contributed by atoms with Crippen LogP contribution in [0.15, 0.2) is 29.9 Å². The van der Waals surface area contributed by atoms with Crippen molar-refractivity contribution in [3.63, 3.8) is 0 Å². The summed E-state index contributed by atoms with van der Waals surface area (Å²) in [6.07, 6.45) is 7.56. The number of aryl methyl sites for hydroxylation is 2. The number of amides is 2. The summed E-state index contributed by atoms with van der Waals surface area (Å²) in [7, 11) is 3.42. The van der Waals surface area contributed by atoms with Crippen LogP contribution in [0.2, 0.25) is 0 Å². The standard InChI is InChI=1S/C27H40N4O4/c1-9-13-14-18(10-2)26(32)30-22-15-20-24(35-17(5)6)23(27(33)28-19(11-3)16-34-8)31(7)25(20)29-21(22)12-4/h10,13-15,17,19H,9,11-12,16H2,1-8H3,(H,28,33)(H,30,32)/b14-13-,18-10+. The molecule has 0 radical (unpaired) electrons. The van der Waals surface area contributed by atoms with E-state index in [1.807, 2.05) is 59.8 Å². The number of hydrogen-bond donors (Lipinski definition) is 2. The molecule has 2 amide bonds. The summed E-state index contributed by atoms with van der Waals surface area (Å²) in [5.74, 6) is -0.0155. The van der Waals surface area contributed by atoms with Crippen LogP contribution in [-0.4, -0.2) is 47.2 Å². The van der Waals surface area contributed by atoms with Gasteiger partial charge in [0.25, 0.3) is 11.8 Å². The Morgan fingerprint density at radius 1 is 1.23 bits per heavy atom. The van der Waals surface area contributed by atoms with Crippen molar-refractivity contribution in [2.24, 2.45) is 7.05 Å². The van der Waals surface area contributed by atoms with Gasteiger partial charge in [0.15, 0.2) is 11.4 Å². The molecule has 0 aromatic carbocycles. The van der Waals surface area contributed by atoms with E-state index in [0.29, 0.717) is 46.8 Å². The second-order valence-corrected chi connectivity index (χ2v) is 8.65. The van der Waals surface area contributed by atoms with Crippen molar-refractivity contribution < 1.29 is 19.1 Å². The third kappa shape index (κ3) is 6.72. The molecule has 0 aliphatic rings. The summed E-state index contributed by atoms with van der Waals surface area (Å²) >= 11 is 0. The Morgan fingerprint density at radius 3 is 2.49 bits per heavy atom. The third-order valence-corrected chi connectivity index (χ3v) is 5.65. The van der Waals surface area contributed by atoms with Crippen LogP contribution in [-0.2, 0) is 23.0 Å². The molecule has 2 rings (SSSR count). The number of aromatic nitrogens is 2. The molecule has 0 saturated carbocycles. The average Bonchev–Trinajstić information content (AvgIpc) is 3.08. The third-order valence-electron chi connectivity index (χ3n) is 5.65. The first-order valence-corrected chi connectivity index (χ1v) is 12.3. The lowest BCUT2D eigenvalue weighted by Gasteiger charge is -2.17. The molecule has 1 unspecified atom stereocenters. The minimum absolute atomic E-state index is 0.123. The van der Waals surface area contributed by atoms with E-state index in [2.05, 4.69) is 10.6 Å². The maximum atomic E-state index is 13.3. The van der Waals surface area contributed by atoms with Crippen LogP contribution in [0.1, 0.15) is 70.6 Å². The molecule has 2 aromatic rings. The Labute approximate surface area is 208 Å². The van der Waals surface area contributed by atoms with Crippen LogP contribution in [0.5, 0.6) is 5.75 Å². The summed E-state index contributed by atoms with van der Waals surface area (Å²) in [6.45, 7) is 12.1. The highest BCUT2D eigenvalue weighted by molar-refractivity contribution is 6.08. The van der Waals surface area contributed by atoms with Gasteiger partial charge in [-0.3, -0.25) is 9.59 Å². The van der Waals surface area contributed by atoms with Gasteiger partial charge in [-0.1, -0.05) is 39.0 Å². The Kier molecular flexibility index (Phi) is 10.5. The molecule has 0 aliphatic heterocycles. The second kappa shape index (κ2) is 13.1. The van der Waals surface area contributed by atoms with E-state index in [-0.39, 0.29) is 24.0 Å². The van der Waals surface area contributed by atoms with E-state index in [0.717, 1.165) is 18.5 Å². The van der Waals surface area contributed by atoms with Crippen LogP contribution in [0.4, 0.5) is 5.69 Å². The highest BCUT2D eigenvalue weighted by Gasteiger charge is 2.27. The summed E-state index contributed by atoms with van der Waals surface area (Å²) in [6, 6.07) is 1.73. The van der Waals surface area contributed by atoms with Gasteiger partial charge in [-0.25, -0.2) is 4.98 Å². The number of rotatable bonds is 12. The Hall–Kier alpha value is -3.13. The van der Waals surface area contributed by atoms with Gasteiger partial charge in [0.05, 0.1) is 35.5 Å². The number of carbonyl (C=O) groups is 2. The van der Waals surface area contributed by atoms with Crippen molar-refractivity contribution in [2.75, 3.05) is 19.0 Å². The Bertz CT molecular complexity index is 1100. The number of hydrogen-bond acceptors (Lipinski definition) is 5. The maximum Gasteiger partial charge on any atom is 0.272 e. The van der Waals surface area contributed by atoms with Crippen molar-refractivity contribution in [1.82, 2.24) is 14.9 Å². The van der Waals surface area contributed by atoms with Crippen molar-refractivity contribution in [1.29, 1.82) is 0 Å². The first-order valence-electron chi connectivity index (χ1n) is 12.3. The number of nitrogens with one attached hydrogen (secondary N) is 2. The molecule has 35 heavy (non-hydrogen) atoms. The highest BCUT2D eigenvalue weighted by Crippen LogP contribution is 2.35. The number of allylic oxidation sites excluding steroid dienone is 2. The van der Waals surface area contributed by atoms with Gasteiger partial charge in [0.1, 0.15) is 5.65 Å². The molecule has 0 spiro atoms. The minimum atomic E-state index is -0.255. The predicted octanol–water partition coefficient (Wildman–Crippen LogP) is 4.93. The Balaban J connectivity index is 2.62. The van der Waals surface area contributed by atoms with E-state index >= 15 is 0 Å². The molecule has 2 aromatic heterocycles. The topological polar surface area (TPSA) is 94.5 Å². The Morgan fingerprint density at radius 2 is 1.94 bits per heavy atom. The van der Waals surface area contributed by atoms with Crippen LogP contribution >= 0.6 is 0 Å². The van der Waals surface area contributed by atoms with E-state index < -0.39 is 0 Å².